The number of nitrogens with one attached hydrogen (secondary N) is 1. The summed E-state index contributed by atoms with van der Waals surface area (Å²) in [5.74, 6) is 0.664. The fourth-order valence-corrected chi connectivity index (χ4v) is 2.92. The number of hydrogen-bond acceptors (Lipinski definition) is 3. The number of hydrogen-bond donors (Lipinski definition) is 1. The van der Waals surface area contributed by atoms with Gasteiger partial charge in [-0.1, -0.05) is 25.1 Å². The van der Waals surface area contributed by atoms with Crippen LogP contribution in [0.15, 0.2) is 40.5 Å². The van der Waals surface area contributed by atoms with Crippen molar-refractivity contribution in [1.29, 1.82) is 0 Å². The fourth-order valence-electron chi connectivity index (χ4n) is 1.98. The number of rotatable bonds is 2. The summed E-state index contributed by atoms with van der Waals surface area (Å²) < 4.78 is 1.21. The first-order valence-corrected chi connectivity index (χ1v) is 6.72. The molecule has 0 atom stereocenters. The van der Waals surface area contributed by atoms with Crippen molar-refractivity contribution in [3.63, 3.8) is 0 Å². The molecule has 3 rings (SSSR count). The van der Waals surface area contributed by atoms with Crippen molar-refractivity contribution in [1.82, 2.24) is 9.97 Å². The number of fused-ring (bicyclic) bond motifs is 1. The highest BCUT2D eigenvalue weighted by molar-refractivity contribution is 7.17. The summed E-state index contributed by atoms with van der Waals surface area (Å²) in [5, 5.41) is 3.18. The second-order valence-electron chi connectivity index (χ2n) is 4.08. The molecule has 3 aromatic rings. The van der Waals surface area contributed by atoms with Gasteiger partial charge in [0.1, 0.15) is 5.82 Å². The number of benzene rings is 1. The average Bonchev–Trinajstić information content (AvgIpc) is 2.81. The van der Waals surface area contributed by atoms with E-state index in [0.29, 0.717) is 5.82 Å². The van der Waals surface area contributed by atoms with Gasteiger partial charge in [-0.2, -0.15) is 0 Å². The number of nitrogens with zero attached hydrogens (tertiary/aromatic N) is 1. The van der Waals surface area contributed by atoms with Crippen molar-refractivity contribution in [2.45, 2.75) is 13.3 Å². The highest BCUT2D eigenvalue weighted by atomic mass is 32.1. The lowest BCUT2D eigenvalue weighted by Crippen LogP contribution is -2.09. The topological polar surface area (TPSA) is 45.8 Å². The predicted molar refractivity (Wildman–Crippen MR) is 75.1 cm³/mol. The Labute approximate surface area is 108 Å². The molecule has 0 aliphatic rings. The standard InChI is InChI=1S/C14H12N2OS/c1-2-9-7-13(17)16-14(15-9)11-8-18-12-6-4-3-5-10(11)12/h3-8H,2H2,1H3,(H,15,16,17). The lowest BCUT2D eigenvalue weighted by atomic mass is 10.1. The van der Waals surface area contributed by atoms with Crippen LogP contribution in [0.4, 0.5) is 0 Å². The quantitative estimate of drug-likeness (QED) is 0.765. The second kappa shape index (κ2) is 4.38. The third-order valence-electron chi connectivity index (χ3n) is 2.89. The third-order valence-corrected chi connectivity index (χ3v) is 3.86. The number of aryl methyl sites for hydroxylation is 1. The molecule has 1 N–H and O–H groups in total. The Hall–Kier alpha value is -1.94. The minimum atomic E-state index is -0.0906. The van der Waals surface area contributed by atoms with Crippen molar-refractivity contribution < 1.29 is 0 Å². The van der Waals surface area contributed by atoms with Gasteiger partial charge in [-0.3, -0.25) is 4.79 Å². The summed E-state index contributed by atoms with van der Waals surface area (Å²) in [6, 6.07) is 9.70. The SMILES string of the molecule is CCc1cc(=O)[nH]c(-c2csc3ccccc23)n1. The Morgan fingerprint density at radius 2 is 2.17 bits per heavy atom. The van der Waals surface area contributed by atoms with Crippen LogP contribution in [-0.2, 0) is 6.42 Å². The molecule has 0 saturated carbocycles. The number of aromatic nitrogens is 2. The molecule has 0 amide bonds. The molecule has 0 saturated heterocycles. The zero-order valence-electron chi connectivity index (χ0n) is 9.93. The highest BCUT2D eigenvalue weighted by Crippen LogP contribution is 2.31. The van der Waals surface area contributed by atoms with Crippen molar-refractivity contribution in [3.05, 3.63) is 51.8 Å². The van der Waals surface area contributed by atoms with E-state index >= 15 is 0 Å². The van der Waals surface area contributed by atoms with E-state index in [1.54, 1.807) is 17.4 Å². The van der Waals surface area contributed by atoms with E-state index in [1.807, 2.05) is 24.4 Å². The van der Waals surface area contributed by atoms with Crippen molar-refractivity contribution in [3.8, 4) is 11.4 Å². The first-order chi connectivity index (χ1) is 8.78. The molecule has 4 heteroatoms. The Bertz CT molecular complexity index is 758. The van der Waals surface area contributed by atoms with Crippen LogP contribution in [0.1, 0.15) is 12.6 Å². The van der Waals surface area contributed by atoms with Crippen LogP contribution in [0.2, 0.25) is 0 Å². The summed E-state index contributed by atoms with van der Waals surface area (Å²) in [4.78, 5) is 18.9. The maximum Gasteiger partial charge on any atom is 0.251 e. The Kier molecular flexibility index (Phi) is 2.72. The monoisotopic (exact) mass is 256 g/mol. The van der Waals surface area contributed by atoms with Crippen LogP contribution in [0.25, 0.3) is 21.5 Å². The average molecular weight is 256 g/mol. The van der Waals surface area contributed by atoms with Gasteiger partial charge in [-0.25, -0.2) is 4.98 Å². The van der Waals surface area contributed by atoms with Gasteiger partial charge in [-0.15, -0.1) is 11.3 Å². The van der Waals surface area contributed by atoms with Crippen LogP contribution in [-0.4, -0.2) is 9.97 Å². The molecule has 90 valence electrons. The lowest BCUT2D eigenvalue weighted by molar-refractivity contribution is 0.989. The van der Waals surface area contributed by atoms with Crippen LogP contribution in [0, 0.1) is 0 Å². The van der Waals surface area contributed by atoms with Gasteiger partial charge < -0.3 is 4.98 Å². The zero-order valence-corrected chi connectivity index (χ0v) is 10.8. The Morgan fingerprint density at radius 3 is 3.00 bits per heavy atom. The molecule has 1 aromatic carbocycles. The minimum Gasteiger partial charge on any atom is -0.306 e. The van der Waals surface area contributed by atoms with E-state index in [4.69, 9.17) is 0 Å². The molecule has 2 aromatic heterocycles. The lowest BCUT2D eigenvalue weighted by Gasteiger charge is -2.01. The minimum absolute atomic E-state index is 0.0906. The molecular formula is C14H12N2OS. The van der Waals surface area contributed by atoms with Gasteiger partial charge in [-0.05, 0) is 12.5 Å². The molecule has 0 spiro atoms. The van der Waals surface area contributed by atoms with Crippen molar-refractivity contribution >= 4 is 21.4 Å². The van der Waals surface area contributed by atoms with E-state index < -0.39 is 0 Å². The van der Waals surface area contributed by atoms with Gasteiger partial charge in [0.15, 0.2) is 0 Å². The molecule has 0 aliphatic carbocycles. The molecule has 0 bridgehead atoms. The third kappa shape index (κ3) is 1.84. The van der Waals surface area contributed by atoms with Crippen LogP contribution >= 0.6 is 11.3 Å². The number of aromatic amines is 1. The number of thiophene rings is 1. The fraction of sp³-hybridized carbons (Fsp3) is 0.143. The van der Waals surface area contributed by atoms with Gasteiger partial charge in [0.05, 0.1) is 0 Å². The first kappa shape index (κ1) is 11.2. The Balaban J connectivity index is 2.26. The van der Waals surface area contributed by atoms with E-state index in [2.05, 4.69) is 22.1 Å². The summed E-state index contributed by atoms with van der Waals surface area (Å²) in [7, 11) is 0. The predicted octanol–water partition coefficient (Wildman–Crippen LogP) is 3.21. The zero-order chi connectivity index (χ0) is 12.5. The summed E-state index contributed by atoms with van der Waals surface area (Å²) in [6.45, 7) is 2.00. The normalized spacial score (nSPS) is 10.9. The summed E-state index contributed by atoms with van der Waals surface area (Å²) in [6.07, 6.45) is 0.763. The molecule has 2 heterocycles. The van der Waals surface area contributed by atoms with Crippen molar-refractivity contribution in [2.75, 3.05) is 0 Å². The summed E-state index contributed by atoms with van der Waals surface area (Å²) in [5.41, 5.74) is 1.74. The maximum atomic E-state index is 11.6. The highest BCUT2D eigenvalue weighted by Gasteiger charge is 2.09. The largest absolute Gasteiger partial charge is 0.306 e. The van der Waals surface area contributed by atoms with Gasteiger partial charge in [0.25, 0.3) is 5.56 Å². The molecule has 0 unspecified atom stereocenters. The van der Waals surface area contributed by atoms with E-state index in [-0.39, 0.29) is 5.56 Å². The van der Waals surface area contributed by atoms with Crippen LogP contribution in [0.3, 0.4) is 0 Å². The molecular weight excluding hydrogens is 244 g/mol. The van der Waals surface area contributed by atoms with Gasteiger partial charge in [0.2, 0.25) is 0 Å². The molecule has 0 radical (unpaired) electrons. The Morgan fingerprint density at radius 1 is 1.33 bits per heavy atom. The van der Waals surface area contributed by atoms with E-state index in [9.17, 15) is 4.79 Å². The van der Waals surface area contributed by atoms with E-state index in [0.717, 1.165) is 23.1 Å². The smallest absolute Gasteiger partial charge is 0.251 e. The first-order valence-electron chi connectivity index (χ1n) is 5.85. The van der Waals surface area contributed by atoms with Gasteiger partial charge >= 0.3 is 0 Å². The van der Waals surface area contributed by atoms with Crippen LogP contribution < -0.4 is 5.56 Å². The molecule has 0 aliphatic heterocycles. The summed E-state index contributed by atoms with van der Waals surface area (Å²) >= 11 is 1.67. The molecule has 18 heavy (non-hydrogen) atoms. The van der Waals surface area contributed by atoms with Gasteiger partial charge in [0, 0.05) is 32.8 Å². The molecule has 3 nitrogen and oxygen atoms in total. The number of H-pyrrole nitrogens is 1. The van der Waals surface area contributed by atoms with Crippen LogP contribution in [0.5, 0.6) is 0 Å². The molecule has 0 fully saturated rings. The van der Waals surface area contributed by atoms with Crippen molar-refractivity contribution in [2.24, 2.45) is 0 Å². The van der Waals surface area contributed by atoms with E-state index in [1.165, 1.54) is 4.70 Å². The maximum absolute atomic E-state index is 11.6. The second-order valence-corrected chi connectivity index (χ2v) is 5.00.